The lowest BCUT2D eigenvalue weighted by molar-refractivity contribution is -0.145. The van der Waals surface area contributed by atoms with Gasteiger partial charge in [-0.05, 0) is 12.1 Å². The van der Waals surface area contributed by atoms with E-state index in [9.17, 15) is 31.1 Å². The van der Waals surface area contributed by atoms with Crippen LogP contribution in [0.1, 0.15) is 28.0 Å². The van der Waals surface area contributed by atoms with E-state index in [1.54, 1.807) is 0 Å². The number of benzene rings is 1. The zero-order chi connectivity index (χ0) is 18.4. The molecule has 11 heteroatoms. The summed E-state index contributed by atoms with van der Waals surface area (Å²) in [7, 11) is 0.768. The van der Waals surface area contributed by atoms with Gasteiger partial charge < -0.3 is 5.11 Å². The normalized spacial score (nSPS) is 12.0. The van der Waals surface area contributed by atoms with Crippen molar-refractivity contribution in [3.05, 3.63) is 39.8 Å². The van der Waals surface area contributed by atoms with Gasteiger partial charge in [0.2, 0.25) is 0 Å². The molecule has 0 atom stereocenters. The van der Waals surface area contributed by atoms with E-state index in [0.717, 1.165) is 7.05 Å². The minimum atomic E-state index is -5.16. The zero-order valence-electron chi connectivity index (χ0n) is 11.6. The fraction of sp³-hybridized carbons (Fsp3) is 0.231. The molecule has 4 nitrogen and oxygen atoms in total. The quantitative estimate of drug-likeness (QED) is 0.805. The van der Waals surface area contributed by atoms with Crippen molar-refractivity contribution in [3.8, 4) is 11.3 Å². The molecule has 0 bridgehead atoms. The Balaban J connectivity index is 2.84. The number of rotatable bonds is 3. The van der Waals surface area contributed by atoms with Gasteiger partial charge in [0.1, 0.15) is 11.5 Å². The van der Waals surface area contributed by atoms with Gasteiger partial charge in [0, 0.05) is 12.6 Å². The van der Waals surface area contributed by atoms with Gasteiger partial charge in [0.15, 0.2) is 5.69 Å². The predicted octanol–water partition coefficient (Wildman–Crippen LogP) is 4.53. The third-order valence-corrected chi connectivity index (χ3v) is 3.43. The van der Waals surface area contributed by atoms with Crippen LogP contribution in [0, 0.1) is 5.82 Å². The summed E-state index contributed by atoms with van der Waals surface area (Å²) in [5.41, 5.74) is -5.77. The monoisotopic (exact) mass is 372 g/mol. The van der Waals surface area contributed by atoms with Crippen LogP contribution < -0.4 is 0 Å². The maximum atomic E-state index is 14.0. The van der Waals surface area contributed by atoms with Crippen LogP contribution in [0.4, 0.5) is 26.3 Å². The number of aromatic carboxylic acids is 1. The van der Waals surface area contributed by atoms with Crippen LogP contribution in [0.5, 0.6) is 0 Å². The number of carboxylic acids is 1. The minimum absolute atomic E-state index is 0.144. The Labute approximate surface area is 135 Å². The molecule has 0 saturated heterocycles. The molecule has 1 N–H and O–H groups in total. The number of hydrogen-bond donors (Lipinski definition) is 1. The standard InChI is InChI=1S/C13H7ClF6N2O2/c1-22-10(13(18,19)20)8(11(16)17)9(21-22)5-2-4(12(23)24)6(14)3-7(5)15/h2-3,11H,1H3,(H,23,24). The highest BCUT2D eigenvalue weighted by molar-refractivity contribution is 6.33. The summed E-state index contributed by atoms with van der Waals surface area (Å²) in [5, 5.41) is 11.7. The highest BCUT2D eigenvalue weighted by Crippen LogP contribution is 2.42. The van der Waals surface area contributed by atoms with Crippen LogP contribution in [-0.2, 0) is 13.2 Å². The number of carboxylic acid groups (broad SMARTS) is 1. The second-order valence-electron chi connectivity index (χ2n) is 4.65. The van der Waals surface area contributed by atoms with Gasteiger partial charge in [-0.15, -0.1) is 0 Å². The molecule has 1 aromatic heterocycles. The van der Waals surface area contributed by atoms with Crippen LogP contribution in [0.15, 0.2) is 12.1 Å². The highest BCUT2D eigenvalue weighted by atomic mass is 35.5. The second kappa shape index (κ2) is 6.00. The molecule has 2 rings (SSSR count). The number of halogens is 7. The molecule has 0 saturated carbocycles. The lowest BCUT2D eigenvalue weighted by atomic mass is 10.0. The third kappa shape index (κ3) is 3.05. The highest BCUT2D eigenvalue weighted by Gasteiger charge is 2.42. The van der Waals surface area contributed by atoms with Crippen LogP contribution >= 0.6 is 11.6 Å². The molecule has 0 amide bonds. The molecule has 0 aliphatic heterocycles. The maximum absolute atomic E-state index is 14.0. The van der Waals surface area contributed by atoms with Gasteiger partial charge in [-0.1, -0.05) is 11.6 Å². The van der Waals surface area contributed by atoms with E-state index in [2.05, 4.69) is 5.10 Å². The van der Waals surface area contributed by atoms with E-state index in [0.29, 0.717) is 12.1 Å². The Kier molecular flexibility index (Phi) is 4.53. The summed E-state index contributed by atoms with van der Waals surface area (Å²) >= 11 is 5.52. The van der Waals surface area contributed by atoms with Crippen molar-refractivity contribution in [1.82, 2.24) is 9.78 Å². The van der Waals surface area contributed by atoms with Gasteiger partial charge >= 0.3 is 12.1 Å². The molecule has 130 valence electrons. The molecule has 24 heavy (non-hydrogen) atoms. The van der Waals surface area contributed by atoms with Crippen LogP contribution in [0.2, 0.25) is 5.02 Å². The van der Waals surface area contributed by atoms with Crippen molar-refractivity contribution in [3.63, 3.8) is 0 Å². The Hall–Kier alpha value is -2.23. The summed E-state index contributed by atoms with van der Waals surface area (Å²) in [6.07, 6.45) is -8.78. The van der Waals surface area contributed by atoms with Gasteiger partial charge in [0.25, 0.3) is 6.43 Å². The molecular weight excluding hydrogens is 366 g/mol. The average Bonchev–Trinajstić information content (AvgIpc) is 2.75. The van der Waals surface area contributed by atoms with Crippen molar-refractivity contribution >= 4 is 17.6 Å². The SMILES string of the molecule is Cn1nc(-c2cc(C(=O)O)c(Cl)cc2F)c(C(F)F)c1C(F)(F)F. The molecule has 0 aliphatic rings. The number of aryl methyl sites for hydroxylation is 1. The number of alkyl halides is 5. The van der Waals surface area contributed by atoms with Crippen molar-refractivity contribution in [2.75, 3.05) is 0 Å². The van der Waals surface area contributed by atoms with Crippen molar-refractivity contribution in [1.29, 1.82) is 0 Å². The minimum Gasteiger partial charge on any atom is -0.478 e. The molecule has 2 aromatic rings. The molecule has 0 aliphatic carbocycles. The molecule has 1 heterocycles. The molecule has 0 spiro atoms. The summed E-state index contributed by atoms with van der Waals surface area (Å²) in [6.45, 7) is 0. The van der Waals surface area contributed by atoms with E-state index in [4.69, 9.17) is 16.7 Å². The molecule has 1 aromatic carbocycles. The maximum Gasteiger partial charge on any atom is 0.433 e. The third-order valence-electron chi connectivity index (χ3n) is 3.11. The van der Waals surface area contributed by atoms with Crippen LogP contribution in [-0.4, -0.2) is 20.9 Å². The van der Waals surface area contributed by atoms with Crippen molar-refractivity contribution in [2.45, 2.75) is 12.6 Å². The lowest BCUT2D eigenvalue weighted by Gasteiger charge is -2.10. The fourth-order valence-corrected chi connectivity index (χ4v) is 2.41. The first-order chi connectivity index (χ1) is 10.9. The van der Waals surface area contributed by atoms with Gasteiger partial charge in [-0.2, -0.15) is 18.3 Å². The molecular formula is C13H7ClF6N2O2. The van der Waals surface area contributed by atoms with E-state index >= 15 is 0 Å². The number of aromatic nitrogens is 2. The van der Waals surface area contributed by atoms with Crippen LogP contribution in [0.25, 0.3) is 11.3 Å². The number of hydrogen-bond acceptors (Lipinski definition) is 2. The Morgan fingerprint density at radius 3 is 2.38 bits per heavy atom. The van der Waals surface area contributed by atoms with E-state index in [-0.39, 0.29) is 4.68 Å². The van der Waals surface area contributed by atoms with E-state index in [1.807, 2.05) is 0 Å². The average molecular weight is 373 g/mol. The van der Waals surface area contributed by atoms with Gasteiger partial charge in [-0.25, -0.2) is 18.0 Å². The number of carbonyl (C=O) groups is 1. The Morgan fingerprint density at radius 1 is 1.33 bits per heavy atom. The topological polar surface area (TPSA) is 55.1 Å². The molecule has 0 unspecified atom stereocenters. The first-order valence-electron chi connectivity index (χ1n) is 6.10. The fourth-order valence-electron chi connectivity index (χ4n) is 2.18. The van der Waals surface area contributed by atoms with E-state index in [1.165, 1.54) is 0 Å². The van der Waals surface area contributed by atoms with E-state index < -0.39 is 57.5 Å². The Morgan fingerprint density at radius 2 is 1.92 bits per heavy atom. The summed E-state index contributed by atoms with van der Waals surface area (Å²) in [5.74, 6) is -2.88. The van der Waals surface area contributed by atoms with Crippen molar-refractivity contribution in [2.24, 2.45) is 7.05 Å². The summed E-state index contributed by atoms with van der Waals surface area (Å²) in [4.78, 5) is 11.0. The second-order valence-corrected chi connectivity index (χ2v) is 5.06. The smallest absolute Gasteiger partial charge is 0.433 e. The first kappa shape index (κ1) is 18.1. The lowest BCUT2D eigenvalue weighted by Crippen LogP contribution is -2.14. The van der Waals surface area contributed by atoms with Gasteiger partial charge in [0.05, 0.1) is 16.1 Å². The number of nitrogens with zero attached hydrogens (tertiary/aromatic N) is 2. The predicted molar refractivity (Wildman–Crippen MR) is 70.5 cm³/mol. The summed E-state index contributed by atoms with van der Waals surface area (Å²) < 4.78 is 79.4. The van der Waals surface area contributed by atoms with Crippen molar-refractivity contribution < 1.29 is 36.2 Å². The molecule has 0 radical (unpaired) electrons. The van der Waals surface area contributed by atoms with Crippen LogP contribution in [0.3, 0.4) is 0 Å². The molecule has 0 fully saturated rings. The first-order valence-corrected chi connectivity index (χ1v) is 6.47. The largest absolute Gasteiger partial charge is 0.478 e. The Bertz CT molecular complexity index is 816. The van der Waals surface area contributed by atoms with Gasteiger partial charge in [-0.3, -0.25) is 4.68 Å². The summed E-state index contributed by atoms with van der Waals surface area (Å²) in [6, 6.07) is 1.08. The zero-order valence-corrected chi connectivity index (χ0v) is 12.4.